The molecule has 18 heavy (non-hydrogen) atoms. The van der Waals surface area contributed by atoms with Gasteiger partial charge in [0.2, 0.25) is 0 Å². The quantitative estimate of drug-likeness (QED) is 0.505. The fourth-order valence-corrected chi connectivity index (χ4v) is 1.33. The van der Waals surface area contributed by atoms with Crippen LogP contribution >= 0.6 is 11.6 Å². The summed E-state index contributed by atoms with van der Waals surface area (Å²) in [6.07, 6.45) is 0.991. The third kappa shape index (κ3) is 4.06. The Hall–Kier alpha value is -2.08. The number of benzene rings is 1. The van der Waals surface area contributed by atoms with Crippen LogP contribution in [0.3, 0.4) is 0 Å². The van der Waals surface area contributed by atoms with Crippen LogP contribution in [-0.4, -0.2) is 22.6 Å². The maximum Gasteiger partial charge on any atom is 0.328 e. The zero-order chi connectivity index (χ0) is 13.7. The number of halogens is 1. The Morgan fingerprint density at radius 2 is 2.28 bits per heavy atom. The predicted octanol–water partition coefficient (Wildman–Crippen LogP) is 2.66. The Bertz CT molecular complexity index is 512. The number of hydrogen-bond acceptors (Lipinski definition) is 4. The Morgan fingerprint density at radius 3 is 2.83 bits per heavy atom. The summed E-state index contributed by atoms with van der Waals surface area (Å²) in [6, 6.07) is 3.80. The second-order valence-electron chi connectivity index (χ2n) is 3.49. The molecule has 0 aliphatic rings. The first-order valence-corrected chi connectivity index (χ1v) is 5.25. The first kappa shape index (κ1) is 14.0. The van der Waals surface area contributed by atoms with Gasteiger partial charge in [-0.15, -0.1) is 0 Å². The highest BCUT2D eigenvalue weighted by Crippen LogP contribution is 2.29. The lowest BCUT2D eigenvalue weighted by Crippen LogP contribution is -2.02. The van der Waals surface area contributed by atoms with Crippen molar-refractivity contribution in [3.63, 3.8) is 0 Å². The standard InChI is InChI=1S/C11H10ClNO5/c1-7(4-11(14)15)6-18-10-5-8(13(16)17)2-3-9(10)12/h2-5H,6H2,1H3,(H,14,15)/b7-4+. The number of nitrogens with zero attached hydrogens (tertiary/aromatic N) is 1. The molecule has 1 N–H and O–H groups in total. The van der Waals surface area contributed by atoms with Crippen molar-refractivity contribution in [3.05, 3.63) is 45.0 Å². The summed E-state index contributed by atoms with van der Waals surface area (Å²) >= 11 is 5.81. The van der Waals surface area contributed by atoms with E-state index in [0.29, 0.717) is 5.57 Å². The molecule has 0 amide bonds. The molecule has 0 saturated heterocycles. The molecule has 0 saturated carbocycles. The monoisotopic (exact) mass is 271 g/mol. The summed E-state index contributed by atoms with van der Waals surface area (Å²) in [5.74, 6) is -0.940. The molecule has 0 heterocycles. The summed E-state index contributed by atoms with van der Waals surface area (Å²) in [5.41, 5.74) is 0.319. The minimum absolute atomic E-state index is 0.00676. The summed E-state index contributed by atoms with van der Waals surface area (Å²) < 4.78 is 5.22. The van der Waals surface area contributed by atoms with Crippen LogP contribution in [0.15, 0.2) is 29.8 Å². The third-order valence-electron chi connectivity index (χ3n) is 1.95. The fourth-order valence-electron chi connectivity index (χ4n) is 1.16. The van der Waals surface area contributed by atoms with Gasteiger partial charge in [0.25, 0.3) is 5.69 Å². The number of carboxylic acids is 1. The van der Waals surface area contributed by atoms with E-state index in [4.69, 9.17) is 21.4 Å². The zero-order valence-electron chi connectivity index (χ0n) is 9.42. The highest BCUT2D eigenvalue weighted by Gasteiger charge is 2.10. The van der Waals surface area contributed by atoms with Crippen LogP contribution < -0.4 is 4.74 Å². The molecule has 1 rings (SSSR count). The summed E-state index contributed by atoms with van der Waals surface area (Å²) in [7, 11) is 0. The van der Waals surface area contributed by atoms with Gasteiger partial charge in [0.15, 0.2) is 0 Å². The Kier molecular flexibility index (Phi) is 4.67. The molecular weight excluding hydrogens is 262 g/mol. The summed E-state index contributed by atoms with van der Waals surface area (Å²) in [5, 5.41) is 19.3. The van der Waals surface area contributed by atoms with E-state index in [0.717, 1.165) is 6.08 Å². The molecule has 0 aliphatic heterocycles. The lowest BCUT2D eigenvalue weighted by molar-refractivity contribution is -0.384. The second kappa shape index (κ2) is 6.02. The van der Waals surface area contributed by atoms with Gasteiger partial charge >= 0.3 is 5.97 Å². The number of carbonyl (C=O) groups is 1. The van der Waals surface area contributed by atoms with Crippen molar-refractivity contribution in [1.29, 1.82) is 0 Å². The zero-order valence-corrected chi connectivity index (χ0v) is 10.2. The van der Waals surface area contributed by atoms with Crippen LogP contribution in [0.25, 0.3) is 0 Å². The van der Waals surface area contributed by atoms with Crippen LogP contribution in [0.5, 0.6) is 5.75 Å². The van der Waals surface area contributed by atoms with Gasteiger partial charge in [0.05, 0.1) is 16.0 Å². The smallest absolute Gasteiger partial charge is 0.328 e. The van der Waals surface area contributed by atoms with E-state index >= 15 is 0 Å². The Balaban J connectivity index is 2.81. The number of carboxylic acid groups (broad SMARTS) is 1. The van der Waals surface area contributed by atoms with Gasteiger partial charge < -0.3 is 9.84 Å². The topological polar surface area (TPSA) is 89.7 Å². The van der Waals surface area contributed by atoms with E-state index in [1.165, 1.54) is 18.2 Å². The molecule has 0 aliphatic carbocycles. The SMILES string of the molecule is C/C(=C\C(=O)O)COc1cc([N+](=O)[O-])ccc1Cl. The lowest BCUT2D eigenvalue weighted by Gasteiger charge is -2.07. The van der Waals surface area contributed by atoms with Gasteiger partial charge in [-0.3, -0.25) is 10.1 Å². The van der Waals surface area contributed by atoms with E-state index < -0.39 is 10.9 Å². The van der Waals surface area contributed by atoms with Crippen LogP contribution in [-0.2, 0) is 4.79 Å². The molecule has 96 valence electrons. The molecule has 1 aromatic carbocycles. The number of nitro groups is 1. The highest BCUT2D eigenvalue weighted by atomic mass is 35.5. The van der Waals surface area contributed by atoms with Crippen molar-refractivity contribution in [1.82, 2.24) is 0 Å². The molecule has 1 aromatic rings. The first-order chi connectivity index (χ1) is 8.40. The van der Waals surface area contributed by atoms with E-state index in [1.54, 1.807) is 6.92 Å². The van der Waals surface area contributed by atoms with Crippen molar-refractivity contribution in [3.8, 4) is 5.75 Å². The minimum atomic E-state index is -1.08. The van der Waals surface area contributed by atoms with E-state index in [9.17, 15) is 14.9 Å². The average Bonchev–Trinajstić information content (AvgIpc) is 2.26. The molecule has 0 aromatic heterocycles. The molecular formula is C11H10ClNO5. The maximum atomic E-state index is 10.6. The molecule has 0 spiro atoms. The van der Waals surface area contributed by atoms with E-state index in [-0.39, 0.29) is 23.1 Å². The molecule has 0 fully saturated rings. The lowest BCUT2D eigenvalue weighted by atomic mass is 10.3. The van der Waals surface area contributed by atoms with Crippen molar-refractivity contribution in [2.45, 2.75) is 6.92 Å². The van der Waals surface area contributed by atoms with Gasteiger partial charge in [-0.25, -0.2) is 4.79 Å². The van der Waals surface area contributed by atoms with Gasteiger partial charge in [-0.05, 0) is 18.6 Å². The van der Waals surface area contributed by atoms with Crippen molar-refractivity contribution >= 4 is 23.3 Å². The molecule has 0 radical (unpaired) electrons. The average molecular weight is 272 g/mol. The van der Waals surface area contributed by atoms with Crippen LogP contribution in [0, 0.1) is 10.1 Å². The Labute approximate surface area is 108 Å². The van der Waals surface area contributed by atoms with Crippen LogP contribution in [0.2, 0.25) is 5.02 Å². The van der Waals surface area contributed by atoms with Crippen LogP contribution in [0.4, 0.5) is 5.69 Å². The van der Waals surface area contributed by atoms with Gasteiger partial charge in [-0.2, -0.15) is 0 Å². The normalized spacial score (nSPS) is 11.1. The summed E-state index contributed by atoms with van der Waals surface area (Å²) in [6.45, 7) is 1.56. The van der Waals surface area contributed by atoms with Crippen molar-refractivity contribution < 1.29 is 19.6 Å². The highest BCUT2D eigenvalue weighted by molar-refractivity contribution is 6.32. The predicted molar refractivity (Wildman–Crippen MR) is 65.0 cm³/mol. The van der Waals surface area contributed by atoms with Crippen molar-refractivity contribution in [2.24, 2.45) is 0 Å². The number of rotatable bonds is 5. The molecule has 0 unspecified atom stereocenters. The number of aliphatic carboxylic acids is 1. The number of ether oxygens (including phenoxy) is 1. The maximum absolute atomic E-state index is 10.6. The van der Waals surface area contributed by atoms with Gasteiger partial charge in [0.1, 0.15) is 12.4 Å². The molecule has 0 atom stereocenters. The first-order valence-electron chi connectivity index (χ1n) is 4.87. The molecule has 6 nitrogen and oxygen atoms in total. The number of non-ortho nitro benzene ring substituents is 1. The number of hydrogen-bond donors (Lipinski definition) is 1. The largest absolute Gasteiger partial charge is 0.487 e. The Morgan fingerprint density at radius 1 is 1.61 bits per heavy atom. The van der Waals surface area contributed by atoms with Crippen molar-refractivity contribution in [2.75, 3.05) is 6.61 Å². The molecule has 0 bridgehead atoms. The summed E-state index contributed by atoms with van der Waals surface area (Å²) in [4.78, 5) is 20.4. The minimum Gasteiger partial charge on any atom is -0.487 e. The second-order valence-corrected chi connectivity index (χ2v) is 3.90. The molecule has 7 heteroatoms. The third-order valence-corrected chi connectivity index (χ3v) is 2.26. The number of nitro benzene ring substituents is 1. The van der Waals surface area contributed by atoms with E-state index in [2.05, 4.69) is 0 Å². The van der Waals surface area contributed by atoms with Gasteiger partial charge in [0, 0.05) is 12.1 Å². The van der Waals surface area contributed by atoms with E-state index in [1.807, 2.05) is 0 Å². The van der Waals surface area contributed by atoms with Crippen LogP contribution in [0.1, 0.15) is 6.92 Å². The van der Waals surface area contributed by atoms with Gasteiger partial charge in [-0.1, -0.05) is 11.6 Å². The fraction of sp³-hybridized carbons (Fsp3) is 0.182.